The first-order valence-electron chi connectivity index (χ1n) is 6.51. The van der Waals surface area contributed by atoms with Gasteiger partial charge < -0.3 is 10.1 Å². The van der Waals surface area contributed by atoms with Crippen LogP contribution in [0.2, 0.25) is 0 Å². The van der Waals surface area contributed by atoms with Gasteiger partial charge in [-0.2, -0.15) is 0 Å². The summed E-state index contributed by atoms with van der Waals surface area (Å²) in [7, 11) is 1.71. The van der Waals surface area contributed by atoms with Gasteiger partial charge in [0.15, 0.2) is 0 Å². The number of methoxy groups -OCH3 is 1. The van der Waals surface area contributed by atoms with Crippen molar-refractivity contribution in [1.29, 1.82) is 0 Å². The van der Waals surface area contributed by atoms with E-state index in [0.717, 1.165) is 12.3 Å². The summed E-state index contributed by atoms with van der Waals surface area (Å²) >= 11 is 0. The van der Waals surface area contributed by atoms with Crippen molar-refractivity contribution < 1.29 is 4.74 Å². The molecule has 0 aliphatic heterocycles. The lowest BCUT2D eigenvalue weighted by atomic mass is 10.0. The molecule has 0 amide bonds. The Morgan fingerprint density at radius 2 is 1.84 bits per heavy atom. The lowest BCUT2D eigenvalue weighted by molar-refractivity contribution is 0.406. The highest BCUT2D eigenvalue weighted by Gasteiger charge is 2.06. The summed E-state index contributed by atoms with van der Waals surface area (Å²) < 4.78 is 5.42. The molecule has 0 radical (unpaired) electrons. The summed E-state index contributed by atoms with van der Waals surface area (Å²) in [6.07, 6.45) is 3.62. The maximum Gasteiger partial charge on any atom is 0.123 e. The molecule has 0 unspecified atom stereocenters. The highest BCUT2D eigenvalue weighted by molar-refractivity contribution is 5.65. The van der Waals surface area contributed by atoms with Crippen molar-refractivity contribution in [3.8, 4) is 16.9 Å². The van der Waals surface area contributed by atoms with Crippen molar-refractivity contribution >= 4 is 0 Å². The van der Waals surface area contributed by atoms with Gasteiger partial charge in [-0.05, 0) is 35.4 Å². The summed E-state index contributed by atoms with van der Waals surface area (Å²) in [5.41, 5.74) is 3.53. The van der Waals surface area contributed by atoms with E-state index in [1.54, 1.807) is 7.11 Å². The molecule has 0 aliphatic rings. The fourth-order valence-corrected chi connectivity index (χ4v) is 1.95. The topological polar surface area (TPSA) is 34.1 Å². The molecule has 0 atom stereocenters. The second-order valence-electron chi connectivity index (χ2n) is 4.80. The minimum absolute atomic E-state index is 0.453. The predicted molar refractivity (Wildman–Crippen MR) is 78.2 cm³/mol. The van der Waals surface area contributed by atoms with E-state index in [1.165, 1.54) is 16.7 Å². The molecule has 0 spiro atoms. The van der Waals surface area contributed by atoms with Crippen molar-refractivity contribution in [3.63, 3.8) is 0 Å². The van der Waals surface area contributed by atoms with E-state index in [-0.39, 0.29) is 0 Å². The summed E-state index contributed by atoms with van der Waals surface area (Å²) in [5, 5.41) is 3.42. The SMILES string of the molecule is COc1ccc(-c2ccncc2)cc1CNC(C)C. The van der Waals surface area contributed by atoms with Gasteiger partial charge in [-0.15, -0.1) is 0 Å². The maximum absolute atomic E-state index is 5.42. The van der Waals surface area contributed by atoms with Gasteiger partial charge in [-0.25, -0.2) is 0 Å². The largest absolute Gasteiger partial charge is 0.496 e. The molecule has 0 saturated carbocycles. The highest BCUT2D eigenvalue weighted by atomic mass is 16.5. The van der Waals surface area contributed by atoms with Crippen molar-refractivity contribution in [3.05, 3.63) is 48.3 Å². The zero-order valence-corrected chi connectivity index (χ0v) is 11.7. The molecule has 1 heterocycles. The third-order valence-corrected chi connectivity index (χ3v) is 2.99. The van der Waals surface area contributed by atoms with Crippen LogP contribution in [0, 0.1) is 0 Å². The third-order valence-electron chi connectivity index (χ3n) is 2.99. The smallest absolute Gasteiger partial charge is 0.123 e. The van der Waals surface area contributed by atoms with Gasteiger partial charge in [0.1, 0.15) is 5.75 Å². The van der Waals surface area contributed by atoms with Gasteiger partial charge in [-0.3, -0.25) is 4.98 Å². The number of benzene rings is 1. The second kappa shape index (κ2) is 6.34. The van der Waals surface area contributed by atoms with Crippen LogP contribution < -0.4 is 10.1 Å². The summed E-state index contributed by atoms with van der Waals surface area (Å²) in [6.45, 7) is 5.08. The molecule has 0 saturated heterocycles. The lowest BCUT2D eigenvalue weighted by Gasteiger charge is -2.13. The first-order chi connectivity index (χ1) is 9.20. The summed E-state index contributed by atoms with van der Waals surface area (Å²) in [4.78, 5) is 4.05. The zero-order chi connectivity index (χ0) is 13.7. The fourth-order valence-electron chi connectivity index (χ4n) is 1.95. The molecular formula is C16H20N2O. The number of aromatic nitrogens is 1. The van der Waals surface area contributed by atoms with Crippen LogP contribution in [-0.4, -0.2) is 18.1 Å². The van der Waals surface area contributed by atoms with Gasteiger partial charge in [0.05, 0.1) is 7.11 Å². The number of nitrogens with one attached hydrogen (secondary N) is 1. The Kier molecular flexibility index (Phi) is 4.53. The molecule has 2 rings (SSSR count). The van der Waals surface area contributed by atoms with Crippen LogP contribution in [0.1, 0.15) is 19.4 Å². The van der Waals surface area contributed by atoms with Crippen molar-refractivity contribution in [1.82, 2.24) is 10.3 Å². The first-order valence-corrected chi connectivity index (χ1v) is 6.51. The molecule has 2 aromatic rings. The van der Waals surface area contributed by atoms with Crippen LogP contribution in [-0.2, 0) is 6.54 Å². The number of ether oxygens (including phenoxy) is 1. The summed E-state index contributed by atoms with van der Waals surface area (Å²) in [6, 6.07) is 10.8. The molecule has 0 fully saturated rings. The summed E-state index contributed by atoms with van der Waals surface area (Å²) in [5.74, 6) is 0.922. The molecule has 1 N–H and O–H groups in total. The maximum atomic E-state index is 5.42. The Morgan fingerprint density at radius 3 is 2.47 bits per heavy atom. The Morgan fingerprint density at radius 1 is 1.11 bits per heavy atom. The third kappa shape index (κ3) is 3.55. The minimum atomic E-state index is 0.453. The van der Waals surface area contributed by atoms with Gasteiger partial charge in [0.25, 0.3) is 0 Å². The van der Waals surface area contributed by atoms with Crippen molar-refractivity contribution in [2.45, 2.75) is 26.4 Å². The molecular weight excluding hydrogens is 236 g/mol. The monoisotopic (exact) mass is 256 g/mol. The van der Waals surface area contributed by atoms with Crippen molar-refractivity contribution in [2.24, 2.45) is 0 Å². The highest BCUT2D eigenvalue weighted by Crippen LogP contribution is 2.26. The molecule has 0 bridgehead atoms. The van der Waals surface area contributed by atoms with E-state index in [9.17, 15) is 0 Å². The van der Waals surface area contributed by atoms with E-state index >= 15 is 0 Å². The normalized spacial score (nSPS) is 10.7. The van der Waals surface area contributed by atoms with Gasteiger partial charge in [0.2, 0.25) is 0 Å². The van der Waals surface area contributed by atoms with Crippen LogP contribution in [0.25, 0.3) is 11.1 Å². The quantitative estimate of drug-likeness (QED) is 0.891. The lowest BCUT2D eigenvalue weighted by Crippen LogP contribution is -2.22. The Labute approximate surface area is 114 Å². The molecule has 100 valence electrons. The number of pyridine rings is 1. The average Bonchev–Trinajstić information content (AvgIpc) is 2.45. The van der Waals surface area contributed by atoms with Crippen LogP contribution >= 0.6 is 0 Å². The molecule has 19 heavy (non-hydrogen) atoms. The zero-order valence-electron chi connectivity index (χ0n) is 11.7. The van der Waals surface area contributed by atoms with Gasteiger partial charge >= 0.3 is 0 Å². The van der Waals surface area contributed by atoms with E-state index in [0.29, 0.717) is 6.04 Å². The molecule has 3 nitrogen and oxygen atoms in total. The van der Waals surface area contributed by atoms with Crippen molar-refractivity contribution in [2.75, 3.05) is 7.11 Å². The van der Waals surface area contributed by atoms with Crippen LogP contribution in [0.4, 0.5) is 0 Å². The predicted octanol–water partition coefficient (Wildman–Crippen LogP) is 3.26. The van der Waals surface area contributed by atoms with Crippen LogP contribution in [0.3, 0.4) is 0 Å². The average molecular weight is 256 g/mol. The van der Waals surface area contributed by atoms with Gasteiger partial charge in [0, 0.05) is 30.5 Å². The number of rotatable bonds is 5. The molecule has 1 aromatic carbocycles. The van der Waals surface area contributed by atoms with E-state index in [4.69, 9.17) is 4.74 Å². The molecule has 3 heteroatoms. The van der Waals surface area contributed by atoms with E-state index in [2.05, 4.69) is 36.3 Å². The molecule has 0 aliphatic carbocycles. The van der Waals surface area contributed by atoms with Gasteiger partial charge in [-0.1, -0.05) is 19.9 Å². The van der Waals surface area contributed by atoms with Crippen LogP contribution in [0.5, 0.6) is 5.75 Å². The Hall–Kier alpha value is -1.87. The standard InChI is InChI=1S/C16H20N2O/c1-12(2)18-11-15-10-14(4-5-16(15)19-3)13-6-8-17-9-7-13/h4-10,12,18H,11H2,1-3H3. The number of nitrogens with zero attached hydrogens (tertiary/aromatic N) is 1. The number of hydrogen-bond acceptors (Lipinski definition) is 3. The van der Waals surface area contributed by atoms with E-state index in [1.807, 2.05) is 30.6 Å². The fraction of sp³-hybridized carbons (Fsp3) is 0.312. The molecule has 1 aromatic heterocycles. The number of hydrogen-bond donors (Lipinski definition) is 1. The first kappa shape index (κ1) is 13.6. The minimum Gasteiger partial charge on any atom is -0.496 e. The Balaban J connectivity index is 2.30. The van der Waals surface area contributed by atoms with E-state index < -0.39 is 0 Å². The Bertz CT molecular complexity index is 524. The second-order valence-corrected chi connectivity index (χ2v) is 4.80. The van der Waals surface area contributed by atoms with Crippen LogP contribution in [0.15, 0.2) is 42.7 Å².